The Balaban J connectivity index is 1.89. The molecule has 0 aliphatic rings. The Kier molecular flexibility index (Phi) is 2.40. The highest BCUT2D eigenvalue weighted by molar-refractivity contribution is 7.13. The first-order chi connectivity index (χ1) is 9.83. The quantitative estimate of drug-likeness (QED) is 0.566. The van der Waals surface area contributed by atoms with Gasteiger partial charge in [-0.05, 0) is 18.2 Å². The van der Waals surface area contributed by atoms with E-state index in [0.717, 1.165) is 27.6 Å². The van der Waals surface area contributed by atoms with Crippen LogP contribution in [0.2, 0.25) is 0 Å². The Morgan fingerprint density at radius 1 is 1.15 bits per heavy atom. The van der Waals surface area contributed by atoms with Crippen molar-refractivity contribution >= 4 is 22.4 Å². The lowest BCUT2D eigenvalue weighted by atomic mass is 10.2. The first-order valence-electron chi connectivity index (χ1n) is 6.06. The van der Waals surface area contributed by atoms with Gasteiger partial charge in [-0.15, -0.1) is 16.4 Å². The average Bonchev–Trinajstić information content (AvgIpc) is 3.18. The van der Waals surface area contributed by atoms with Crippen LogP contribution in [0.3, 0.4) is 0 Å². The van der Waals surface area contributed by atoms with E-state index in [2.05, 4.69) is 20.3 Å². The highest BCUT2D eigenvalue weighted by Crippen LogP contribution is 2.24. The minimum atomic E-state index is 0.836. The van der Waals surface area contributed by atoms with Gasteiger partial charge in [-0.25, -0.2) is 14.6 Å². The molecule has 3 heterocycles. The molecule has 0 atom stereocenters. The Morgan fingerprint density at radius 3 is 2.95 bits per heavy atom. The van der Waals surface area contributed by atoms with E-state index in [4.69, 9.17) is 0 Å². The van der Waals surface area contributed by atoms with Crippen molar-refractivity contribution in [3.8, 4) is 16.5 Å². The maximum Gasteiger partial charge on any atom is 0.173 e. The summed E-state index contributed by atoms with van der Waals surface area (Å²) in [6.45, 7) is 0. The van der Waals surface area contributed by atoms with Gasteiger partial charge in [-0.3, -0.25) is 4.57 Å². The molecule has 4 rings (SSSR count). The summed E-state index contributed by atoms with van der Waals surface area (Å²) in [5.74, 6) is 0.836. The van der Waals surface area contributed by atoms with Gasteiger partial charge in [0.15, 0.2) is 10.8 Å². The van der Waals surface area contributed by atoms with Crippen LogP contribution in [0.15, 0.2) is 42.2 Å². The molecule has 1 aromatic carbocycles. The Bertz CT molecular complexity index is 873. The summed E-state index contributed by atoms with van der Waals surface area (Å²) < 4.78 is 3.77. The Labute approximate surface area is 118 Å². The molecule has 0 N–H and O–H groups in total. The lowest BCUT2D eigenvalue weighted by molar-refractivity contribution is 0.736. The van der Waals surface area contributed by atoms with Gasteiger partial charge >= 0.3 is 0 Å². The van der Waals surface area contributed by atoms with E-state index in [1.165, 1.54) is 0 Å². The molecule has 7 heteroatoms. The third-order valence-corrected chi connectivity index (χ3v) is 3.91. The molecule has 0 radical (unpaired) electrons. The van der Waals surface area contributed by atoms with Crippen LogP contribution in [0.4, 0.5) is 0 Å². The molecule has 0 amide bonds. The highest BCUT2D eigenvalue weighted by Gasteiger charge is 2.11. The normalized spacial score (nSPS) is 11.2. The van der Waals surface area contributed by atoms with Crippen LogP contribution in [0.1, 0.15) is 0 Å². The number of aromatic nitrogens is 6. The number of nitrogens with zero attached hydrogens (tertiary/aromatic N) is 6. The minimum absolute atomic E-state index is 0.836. The molecule has 0 bridgehead atoms. The van der Waals surface area contributed by atoms with Gasteiger partial charge in [0.05, 0.1) is 5.52 Å². The molecule has 20 heavy (non-hydrogen) atoms. The third kappa shape index (κ3) is 1.64. The van der Waals surface area contributed by atoms with E-state index in [-0.39, 0.29) is 0 Å². The summed E-state index contributed by atoms with van der Waals surface area (Å²) >= 11 is 1.57. The van der Waals surface area contributed by atoms with Crippen molar-refractivity contribution in [2.45, 2.75) is 0 Å². The van der Waals surface area contributed by atoms with Gasteiger partial charge in [0.25, 0.3) is 0 Å². The number of aryl methyl sites for hydroxylation is 1. The van der Waals surface area contributed by atoms with Gasteiger partial charge in [0.1, 0.15) is 5.52 Å². The predicted octanol–water partition coefficient (Wildman–Crippen LogP) is 2.28. The zero-order chi connectivity index (χ0) is 13.5. The largest absolute Gasteiger partial charge is 0.298 e. The number of benzene rings is 1. The maximum absolute atomic E-state index is 4.39. The number of imidazole rings is 1. The molecular formula is C13H10N6S. The van der Waals surface area contributed by atoms with Crippen LogP contribution in [0.25, 0.3) is 27.6 Å². The van der Waals surface area contributed by atoms with Crippen molar-refractivity contribution in [2.75, 3.05) is 0 Å². The summed E-state index contributed by atoms with van der Waals surface area (Å²) in [7, 11) is 1.88. The van der Waals surface area contributed by atoms with E-state index in [0.29, 0.717) is 0 Å². The molecule has 0 saturated heterocycles. The van der Waals surface area contributed by atoms with Crippen molar-refractivity contribution < 1.29 is 0 Å². The van der Waals surface area contributed by atoms with Crippen molar-refractivity contribution in [2.24, 2.45) is 7.05 Å². The molecule has 0 aliphatic carbocycles. The second-order valence-corrected chi connectivity index (χ2v) is 5.24. The fourth-order valence-electron chi connectivity index (χ4n) is 2.18. The first kappa shape index (κ1) is 11.3. The predicted molar refractivity (Wildman–Crippen MR) is 76.7 cm³/mol. The lowest BCUT2D eigenvalue weighted by Gasteiger charge is -2.05. The van der Waals surface area contributed by atoms with Crippen molar-refractivity contribution in [3.05, 3.63) is 42.2 Å². The topological polar surface area (TPSA) is 61.4 Å². The van der Waals surface area contributed by atoms with Crippen LogP contribution in [0.5, 0.6) is 0 Å². The zero-order valence-electron chi connectivity index (χ0n) is 10.6. The fourth-order valence-corrected chi connectivity index (χ4v) is 2.81. The molecule has 0 spiro atoms. The summed E-state index contributed by atoms with van der Waals surface area (Å²) in [6, 6.07) is 6.04. The van der Waals surface area contributed by atoms with E-state index in [9.17, 15) is 0 Å². The van der Waals surface area contributed by atoms with Gasteiger partial charge in [0.2, 0.25) is 0 Å². The van der Waals surface area contributed by atoms with Crippen LogP contribution in [-0.2, 0) is 7.05 Å². The number of rotatable bonds is 2. The maximum atomic E-state index is 4.39. The molecular weight excluding hydrogens is 272 g/mol. The van der Waals surface area contributed by atoms with Crippen molar-refractivity contribution in [3.63, 3.8) is 0 Å². The zero-order valence-corrected chi connectivity index (χ0v) is 11.4. The number of hydrogen-bond donors (Lipinski definition) is 0. The Morgan fingerprint density at radius 2 is 2.10 bits per heavy atom. The molecule has 0 saturated carbocycles. The first-order valence-corrected chi connectivity index (χ1v) is 6.94. The van der Waals surface area contributed by atoms with Crippen LogP contribution >= 0.6 is 11.3 Å². The molecule has 0 aliphatic heterocycles. The Hall–Kier alpha value is -2.54. The molecule has 3 aromatic heterocycles. The number of fused-ring (bicyclic) bond motifs is 1. The summed E-state index contributed by atoms with van der Waals surface area (Å²) in [5, 5.41) is 11.0. The SMILES string of the molecule is Cn1nnc2cc(-n3ccnc3-c3nccs3)ccc21. The molecule has 98 valence electrons. The van der Waals surface area contributed by atoms with Crippen LogP contribution < -0.4 is 0 Å². The van der Waals surface area contributed by atoms with Gasteiger partial charge in [-0.2, -0.15) is 0 Å². The van der Waals surface area contributed by atoms with E-state index < -0.39 is 0 Å². The summed E-state index contributed by atoms with van der Waals surface area (Å²) in [4.78, 5) is 8.70. The summed E-state index contributed by atoms with van der Waals surface area (Å²) in [6.07, 6.45) is 5.48. The van der Waals surface area contributed by atoms with Crippen molar-refractivity contribution in [1.29, 1.82) is 0 Å². The van der Waals surface area contributed by atoms with Crippen molar-refractivity contribution in [1.82, 2.24) is 29.5 Å². The number of thiazole rings is 1. The smallest absolute Gasteiger partial charge is 0.173 e. The molecule has 0 unspecified atom stereocenters. The van der Waals surface area contributed by atoms with Gasteiger partial charge in [-0.1, -0.05) is 5.21 Å². The fraction of sp³-hybridized carbons (Fsp3) is 0.0769. The standard InChI is InChI=1S/C13H10N6S/c1-18-11-3-2-9(8-10(11)16-17-18)19-6-4-14-12(19)13-15-5-7-20-13/h2-8H,1H3. The third-order valence-electron chi connectivity index (χ3n) is 3.14. The summed E-state index contributed by atoms with van der Waals surface area (Å²) in [5.41, 5.74) is 2.87. The molecule has 4 aromatic rings. The monoisotopic (exact) mass is 282 g/mol. The number of hydrogen-bond acceptors (Lipinski definition) is 5. The highest BCUT2D eigenvalue weighted by atomic mass is 32.1. The van der Waals surface area contributed by atoms with E-state index >= 15 is 0 Å². The molecule has 0 fully saturated rings. The second-order valence-electron chi connectivity index (χ2n) is 4.34. The second kappa shape index (κ2) is 4.24. The minimum Gasteiger partial charge on any atom is -0.298 e. The average molecular weight is 282 g/mol. The molecule has 6 nitrogen and oxygen atoms in total. The van der Waals surface area contributed by atoms with E-state index in [1.807, 2.05) is 41.4 Å². The van der Waals surface area contributed by atoms with Crippen LogP contribution in [-0.4, -0.2) is 29.5 Å². The van der Waals surface area contributed by atoms with Gasteiger partial charge in [0, 0.05) is 36.7 Å². The van der Waals surface area contributed by atoms with E-state index in [1.54, 1.807) is 28.4 Å². The van der Waals surface area contributed by atoms with Gasteiger partial charge < -0.3 is 0 Å². The van der Waals surface area contributed by atoms with Crippen LogP contribution in [0, 0.1) is 0 Å². The lowest BCUT2D eigenvalue weighted by Crippen LogP contribution is -1.96.